The lowest BCUT2D eigenvalue weighted by atomic mass is 10.1. The van der Waals surface area contributed by atoms with Crippen LogP contribution in [-0.2, 0) is 0 Å². The lowest BCUT2D eigenvalue weighted by Crippen LogP contribution is -2.35. The van der Waals surface area contributed by atoms with Gasteiger partial charge in [0.15, 0.2) is 0 Å². The molecule has 0 aliphatic carbocycles. The summed E-state index contributed by atoms with van der Waals surface area (Å²) >= 11 is 1.42. The molecule has 0 N–H and O–H groups in total. The van der Waals surface area contributed by atoms with E-state index < -0.39 is 0 Å². The van der Waals surface area contributed by atoms with E-state index in [2.05, 4.69) is 9.97 Å². The van der Waals surface area contributed by atoms with Gasteiger partial charge in [0.2, 0.25) is 0 Å². The van der Waals surface area contributed by atoms with E-state index in [0.717, 1.165) is 11.2 Å². The zero-order valence-electron chi connectivity index (χ0n) is 13.7. The van der Waals surface area contributed by atoms with E-state index >= 15 is 0 Å². The molecule has 0 saturated carbocycles. The molecule has 0 spiro atoms. The second-order valence-corrected chi connectivity index (χ2v) is 6.61. The topological polar surface area (TPSA) is 68.1 Å². The van der Waals surface area contributed by atoms with Crippen molar-refractivity contribution in [3.05, 3.63) is 63.1 Å². The number of para-hydroxylation sites is 1. The maximum absolute atomic E-state index is 12.4. The summed E-state index contributed by atoms with van der Waals surface area (Å²) in [6, 6.07) is 7.48. The lowest BCUT2D eigenvalue weighted by Gasteiger charge is -2.28. The van der Waals surface area contributed by atoms with Crippen LogP contribution < -0.4 is 5.56 Å². The highest BCUT2D eigenvalue weighted by molar-refractivity contribution is 7.07. The molecule has 0 atom stereocenters. The van der Waals surface area contributed by atoms with Crippen molar-refractivity contribution in [2.24, 2.45) is 0 Å². The third-order valence-electron chi connectivity index (χ3n) is 4.37. The van der Waals surface area contributed by atoms with Crippen LogP contribution in [0, 0.1) is 6.92 Å². The van der Waals surface area contributed by atoms with Crippen LogP contribution in [0.1, 0.15) is 22.7 Å². The number of rotatable bonds is 2. The van der Waals surface area contributed by atoms with Crippen LogP contribution in [0.15, 0.2) is 46.0 Å². The number of carbonyl (C=O) groups excluding carboxylic acids is 1. The van der Waals surface area contributed by atoms with E-state index in [1.165, 1.54) is 11.3 Å². The molecule has 0 radical (unpaired) electrons. The molecule has 0 bridgehead atoms. The summed E-state index contributed by atoms with van der Waals surface area (Å²) in [6.45, 7) is 2.97. The second kappa shape index (κ2) is 6.25. The number of hydrogen-bond acceptors (Lipinski definition) is 5. The Morgan fingerprint density at radius 2 is 2.12 bits per heavy atom. The molecular weight excluding hydrogens is 336 g/mol. The highest BCUT2D eigenvalue weighted by Crippen LogP contribution is 2.23. The van der Waals surface area contributed by atoms with Gasteiger partial charge in [-0.1, -0.05) is 12.1 Å². The van der Waals surface area contributed by atoms with Gasteiger partial charge < -0.3 is 9.47 Å². The Morgan fingerprint density at radius 1 is 1.28 bits per heavy atom. The molecule has 1 aromatic carbocycles. The van der Waals surface area contributed by atoms with Crippen molar-refractivity contribution in [1.82, 2.24) is 19.4 Å². The Balaban J connectivity index is 1.69. The van der Waals surface area contributed by atoms with Gasteiger partial charge in [0, 0.05) is 30.6 Å². The molecule has 1 amide bonds. The molecule has 3 aromatic rings. The van der Waals surface area contributed by atoms with Crippen molar-refractivity contribution < 1.29 is 4.79 Å². The predicted molar refractivity (Wildman–Crippen MR) is 97.6 cm³/mol. The van der Waals surface area contributed by atoms with E-state index in [-0.39, 0.29) is 11.5 Å². The summed E-state index contributed by atoms with van der Waals surface area (Å²) in [6.07, 6.45) is 2.73. The fourth-order valence-corrected chi connectivity index (χ4v) is 3.70. The molecule has 0 saturated heterocycles. The third-order valence-corrected chi connectivity index (χ3v) is 4.96. The molecule has 2 aromatic heterocycles. The van der Waals surface area contributed by atoms with E-state index in [1.807, 2.05) is 35.8 Å². The maximum atomic E-state index is 12.4. The van der Waals surface area contributed by atoms with E-state index in [1.54, 1.807) is 21.9 Å². The summed E-state index contributed by atoms with van der Waals surface area (Å²) in [4.78, 5) is 34.5. The van der Waals surface area contributed by atoms with Gasteiger partial charge in [-0.3, -0.25) is 9.59 Å². The zero-order valence-corrected chi connectivity index (χ0v) is 14.5. The van der Waals surface area contributed by atoms with Gasteiger partial charge in [-0.25, -0.2) is 4.98 Å². The molecule has 1 aliphatic heterocycles. The number of thiazole rings is 1. The monoisotopic (exact) mass is 352 g/mol. The van der Waals surface area contributed by atoms with Gasteiger partial charge in [-0.2, -0.15) is 4.98 Å². The number of fused-ring (bicyclic) bond motifs is 1. The minimum atomic E-state index is -0.207. The largest absolute Gasteiger partial charge is 0.333 e. The molecule has 1 aliphatic rings. The molecule has 6 nitrogen and oxygen atoms in total. The lowest BCUT2D eigenvalue weighted by molar-refractivity contribution is 0.0767. The van der Waals surface area contributed by atoms with Crippen LogP contribution in [0.3, 0.4) is 0 Å². The van der Waals surface area contributed by atoms with Gasteiger partial charge in [0.1, 0.15) is 11.5 Å². The fourth-order valence-electron chi connectivity index (χ4n) is 3.17. The first-order valence-electron chi connectivity index (χ1n) is 8.00. The fraction of sp³-hybridized carbons (Fsp3) is 0.222. The van der Waals surface area contributed by atoms with Crippen molar-refractivity contribution >= 4 is 33.8 Å². The summed E-state index contributed by atoms with van der Waals surface area (Å²) < 4.78 is 2.02. The van der Waals surface area contributed by atoms with Gasteiger partial charge in [0.05, 0.1) is 16.4 Å². The summed E-state index contributed by atoms with van der Waals surface area (Å²) in [5.74, 6) is 0.616. The number of nitrogens with zero attached hydrogens (tertiary/aromatic N) is 4. The highest BCUT2D eigenvalue weighted by atomic mass is 32.1. The van der Waals surface area contributed by atoms with Gasteiger partial charge in [-0.05, 0) is 25.1 Å². The molecule has 25 heavy (non-hydrogen) atoms. The number of aromatic nitrogens is 3. The number of hydrogen-bond donors (Lipinski definition) is 0. The molecule has 3 heterocycles. The minimum Gasteiger partial charge on any atom is -0.333 e. The van der Waals surface area contributed by atoms with Crippen molar-refractivity contribution in [1.29, 1.82) is 0 Å². The number of carbonyl (C=O) groups is 1. The van der Waals surface area contributed by atoms with Crippen LogP contribution in [-0.4, -0.2) is 38.4 Å². The molecule has 126 valence electrons. The van der Waals surface area contributed by atoms with Crippen LogP contribution in [0.2, 0.25) is 0 Å². The van der Waals surface area contributed by atoms with Crippen molar-refractivity contribution in [2.75, 3.05) is 13.1 Å². The molecule has 0 fully saturated rings. The Morgan fingerprint density at radius 3 is 2.84 bits per heavy atom. The standard InChI is InChI=1S/C18H16N4O2S/c1-12-20-17(23)14-4-2-3-5-16(14)22(12)13-6-8-21(9-7-13)18(24)15-10-25-11-19-15/h2-6,10-11H,7-9H2,1H3. The molecule has 0 unspecified atom stereocenters. The second-order valence-electron chi connectivity index (χ2n) is 5.89. The van der Waals surface area contributed by atoms with Gasteiger partial charge in [-0.15, -0.1) is 11.3 Å². The summed E-state index contributed by atoms with van der Waals surface area (Å²) in [5.41, 5.74) is 3.86. The average molecular weight is 352 g/mol. The Labute approximate surface area is 148 Å². The quantitative estimate of drug-likeness (QED) is 0.711. The van der Waals surface area contributed by atoms with Crippen molar-refractivity contribution in [2.45, 2.75) is 13.3 Å². The van der Waals surface area contributed by atoms with E-state index in [0.29, 0.717) is 36.4 Å². The van der Waals surface area contributed by atoms with Gasteiger partial charge in [0.25, 0.3) is 11.5 Å². The van der Waals surface area contributed by atoms with Crippen LogP contribution >= 0.6 is 11.3 Å². The van der Waals surface area contributed by atoms with Crippen molar-refractivity contribution in [3.8, 4) is 0 Å². The Kier molecular flexibility index (Phi) is 3.93. The zero-order chi connectivity index (χ0) is 17.4. The van der Waals surface area contributed by atoms with Gasteiger partial charge >= 0.3 is 0 Å². The third kappa shape index (κ3) is 2.76. The van der Waals surface area contributed by atoms with Crippen LogP contribution in [0.5, 0.6) is 0 Å². The molecule has 4 rings (SSSR count). The minimum absolute atomic E-state index is 0.0452. The number of aryl methyl sites for hydroxylation is 1. The SMILES string of the molecule is Cc1nc(=O)c2ccccc2n1C1=CCN(C(=O)c2cscn2)CC1. The summed E-state index contributed by atoms with van der Waals surface area (Å²) in [5, 5.41) is 2.38. The smallest absolute Gasteiger partial charge is 0.280 e. The van der Waals surface area contributed by atoms with Crippen LogP contribution in [0.4, 0.5) is 0 Å². The summed E-state index contributed by atoms with van der Waals surface area (Å²) in [7, 11) is 0. The first-order chi connectivity index (χ1) is 12.1. The average Bonchev–Trinajstić information content (AvgIpc) is 3.16. The molecular formula is C18H16N4O2S. The Bertz CT molecular complexity index is 1040. The van der Waals surface area contributed by atoms with Crippen molar-refractivity contribution in [3.63, 3.8) is 0 Å². The highest BCUT2D eigenvalue weighted by Gasteiger charge is 2.22. The van der Waals surface area contributed by atoms with E-state index in [4.69, 9.17) is 0 Å². The predicted octanol–water partition coefficient (Wildman–Crippen LogP) is 2.55. The number of amides is 1. The van der Waals surface area contributed by atoms with E-state index in [9.17, 15) is 9.59 Å². The van der Waals surface area contributed by atoms with Crippen LogP contribution in [0.25, 0.3) is 16.6 Å². The first kappa shape index (κ1) is 15.7. The Hall–Kier alpha value is -2.80. The normalized spacial score (nSPS) is 14.6. The molecule has 7 heteroatoms. The number of benzene rings is 1. The maximum Gasteiger partial charge on any atom is 0.280 e. The first-order valence-corrected chi connectivity index (χ1v) is 8.94.